The molecule has 1 heterocycles. The van der Waals surface area contributed by atoms with Crippen LogP contribution in [0, 0.1) is 0 Å². The van der Waals surface area contributed by atoms with Crippen molar-refractivity contribution >= 4 is 24.0 Å². The van der Waals surface area contributed by atoms with Crippen molar-refractivity contribution in [2.45, 2.75) is 12.6 Å². The van der Waals surface area contributed by atoms with E-state index in [1.54, 1.807) is 0 Å². The highest BCUT2D eigenvalue weighted by atomic mass is 35.5. The molecule has 1 aliphatic heterocycles. The number of nitrogen functional groups attached to an aromatic ring is 1. The number of ether oxygens (including phenoxy) is 1. The molecule has 0 aromatic heterocycles. The molecule has 1 aromatic carbocycles. The standard InChI is InChI=1S/C12H17N3O2.ClH/c13-10-3-1-2-9(6-10)7-15-4-5-17-11(8-15)12(14)16;/h1-3,6,11H,4-5,7-8,13H2,(H2,14,16);1H. The van der Waals surface area contributed by atoms with Gasteiger partial charge in [-0.3, -0.25) is 9.69 Å². The third-order valence-electron chi connectivity index (χ3n) is 2.83. The molecule has 2 rings (SSSR count). The number of amides is 1. The van der Waals surface area contributed by atoms with Gasteiger partial charge in [-0.2, -0.15) is 0 Å². The highest BCUT2D eigenvalue weighted by molar-refractivity contribution is 5.85. The first kappa shape index (κ1) is 14.8. The van der Waals surface area contributed by atoms with Crippen LogP contribution in [-0.2, 0) is 16.1 Å². The normalized spacial score (nSPS) is 20.1. The number of nitrogens with two attached hydrogens (primary N) is 2. The molecule has 18 heavy (non-hydrogen) atoms. The van der Waals surface area contributed by atoms with E-state index in [4.69, 9.17) is 16.2 Å². The van der Waals surface area contributed by atoms with Crippen LogP contribution in [0.15, 0.2) is 24.3 Å². The molecule has 1 saturated heterocycles. The van der Waals surface area contributed by atoms with E-state index in [-0.39, 0.29) is 12.4 Å². The summed E-state index contributed by atoms with van der Waals surface area (Å²) in [7, 11) is 0. The summed E-state index contributed by atoms with van der Waals surface area (Å²) in [6, 6.07) is 7.74. The smallest absolute Gasteiger partial charge is 0.247 e. The van der Waals surface area contributed by atoms with Crippen molar-refractivity contribution in [2.75, 3.05) is 25.4 Å². The molecule has 1 fully saturated rings. The SMILES string of the molecule is Cl.NC(=O)C1CN(Cc2cccc(N)c2)CCO1. The molecule has 1 amide bonds. The lowest BCUT2D eigenvalue weighted by molar-refractivity contribution is -0.135. The van der Waals surface area contributed by atoms with Crippen LogP contribution in [0.4, 0.5) is 5.69 Å². The van der Waals surface area contributed by atoms with Gasteiger partial charge in [0.15, 0.2) is 0 Å². The van der Waals surface area contributed by atoms with Crippen molar-refractivity contribution in [3.8, 4) is 0 Å². The summed E-state index contributed by atoms with van der Waals surface area (Å²) >= 11 is 0. The minimum Gasteiger partial charge on any atom is -0.399 e. The van der Waals surface area contributed by atoms with Crippen molar-refractivity contribution < 1.29 is 9.53 Å². The Balaban J connectivity index is 0.00000162. The lowest BCUT2D eigenvalue weighted by Gasteiger charge is -2.31. The Hall–Kier alpha value is -1.30. The molecule has 100 valence electrons. The molecule has 1 atom stereocenters. The van der Waals surface area contributed by atoms with Crippen LogP contribution < -0.4 is 11.5 Å². The van der Waals surface area contributed by atoms with E-state index >= 15 is 0 Å². The van der Waals surface area contributed by atoms with Gasteiger partial charge in [0.25, 0.3) is 0 Å². The second-order valence-electron chi connectivity index (χ2n) is 4.24. The maximum atomic E-state index is 11.1. The van der Waals surface area contributed by atoms with Crippen LogP contribution in [0.3, 0.4) is 0 Å². The lowest BCUT2D eigenvalue weighted by atomic mass is 10.1. The largest absolute Gasteiger partial charge is 0.399 e. The predicted molar refractivity (Wildman–Crippen MR) is 72.3 cm³/mol. The Morgan fingerprint density at radius 2 is 2.28 bits per heavy atom. The topological polar surface area (TPSA) is 81.6 Å². The fourth-order valence-electron chi connectivity index (χ4n) is 1.97. The summed E-state index contributed by atoms with van der Waals surface area (Å²) in [6.07, 6.45) is -0.496. The zero-order valence-electron chi connectivity index (χ0n) is 10.0. The molecule has 6 heteroatoms. The minimum atomic E-state index is -0.496. The Bertz CT molecular complexity index is 414. The van der Waals surface area contributed by atoms with Crippen LogP contribution in [0.5, 0.6) is 0 Å². The summed E-state index contributed by atoms with van der Waals surface area (Å²) < 4.78 is 5.29. The van der Waals surface area contributed by atoms with Crippen LogP contribution in [0.25, 0.3) is 0 Å². The summed E-state index contributed by atoms with van der Waals surface area (Å²) in [6.45, 7) is 2.65. The van der Waals surface area contributed by atoms with Gasteiger partial charge < -0.3 is 16.2 Å². The maximum absolute atomic E-state index is 11.1. The third-order valence-corrected chi connectivity index (χ3v) is 2.83. The number of benzene rings is 1. The monoisotopic (exact) mass is 271 g/mol. The molecule has 0 bridgehead atoms. The second-order valence-corrected chi connectivity index (χ2v) is 4.24. The average molecular weight is 272 g/mol. The third kappa shape index (κ3) is 3.87. The van der Waals surface area contributed by atoms with Crippen molar-refractivity contribution in [3.05, 3.63) is 29.8 Å². The highest BCUT2D eigenvalue weighted by Crippen LogP contribution is 2.12. The van der Waals surface area contributed by atoms with Crippen LogP contribution >= 0.6 is 12.4 Å². The first-order valence-corrected chi connectivity index (χ1v) is 5.63. The zero-order valence-corrected chi connectivity index (χ0v) is 10.9. The quantitative estimate of drug-likeness (QED) is 0.779. The fourth-order valence-corrected chi connectivity index (χ4v) is 1.97. The summed E-state index contributed by atoms with van der Waals surface area (Å²) in [4.78, 5) is 13.2. The Kier molecular flexibility index (Phi) is 5.40. The summed E-state index contributed by atoms with van der Waals surface area (Å²) in [5.41, 5.74) is 12.8. The van der Waals surface area contributed by atoms with Crippen LogP contribution in [0.2, 0.25) is 0 Å². The van der Waals surface area contributed by atoms with Crippen LogP contribution in [-0.4, -0.2) is 36.6 Å². The lowest BCUT2D eigenvalue weighted by Crippen LogP contribution is -2.47. The van der Waals surface area contributed by atoms with Gasteiger partial charge in [0.05, 0.1) is 6.61 Å². The number of carbonyl (C=O) groups is 1. The van der Waals surface area contributed by atoms with Gasteiger partial charge in [0.1, 0.15) is 6.10 Å². The van der Waals surface area contributed by atoms with Crippen LogP contribution in [0.1, 0.15) is 5.56 Å². The molecule has 0 saturated carbocycles. The Labute approximate surface area is 112 Å². The number of halogens is 1. The van der Waals surface area contributed by atoms with Crippen molar-refractivity contribution in [1.82, 2.24) is 4.90 Å². The van der Waals surface area contributed by atoms with Crippen molar-refractivity contribution in [1.29, 1.82) is 0 Å². The number of primary amides is 1. The number of nitrogens with zero attached hydrogens (tertiary/aromatic N) is 1. The van der Waals surface area contributed by atoms with E-state index in [9.17, 15) is 4.79 Å². The molecule has 1 unspecified atom stereocenters. The van der Waals surface area contributed by atoms with Crippen molar-refractivity contribution in [2.24, 2.45) is 5.73 Å². The molecular formula is C12H18ClN3O2. The summed E-state index contributed by atoms with van der Waals surface area (Å²) in [5, 5.41) is 0. The van der Waals surface area contributed by atoms with Gasteiger partial charge in [0.2, 0.25) is 5.91 Å². The molecular weight excluding hydrogens is 254 g/mol. The number of anilines is 1. The highest BCUT2D eigenvalue weighted by Gasteiger charge is 2.24. The van der Waals surface area contributed by atoms with E-state index in [1.807, 2.05) is 24.3 Å². The van der Waals surface area contributed by atoms with Crippen molar-refractivity contribution in [3.63, 3.8) is 0 Å². The number of hydrogen-bond acceptors (Lipinski definition) is 4. The van der Waals surface area contributed by atoms with E-state index < -0.39 is 12.0 Å². The predicted octanol–water partition coefficient (Wildman–Crippen LogP) is 0.377. The molecule has 4 N–H and O–H groups in total. The number of morpholine rings is 1. The van der Waals surface area contributed by atoms with Gasteiger partial charge in [0, 0.05) is 25.3 Å². The average Bonchev–Trinajstić information content (AvgIpc) is 2.29. The van der Waals surface area contributed by atoms with Gasteiger partial charge in [-0.1, -0.05) is 12.1 Å². The molecule has 0 spiro atoms. The molecule has 1 aliphatic rings. The second kappa shape index (κ2) is 6.58. The minimum absolute atomic E-state index is 0. The molecule has 0 aliphatic carbocycles. The molecule has 5 nitrogen and oxygen atoms in total. The van der Waals surface area contributed by atoms with E-state index in [0.717, 1.165) is 24.3 Å². The Morgan fingerprint density at radius 3 is 2.94 bits per heavy atom. The van der Waals surface area contributed by atoms with E-state index in [1.165, 1.54) is 0 Å². The molecule has 0 radical (unpaired) electrons. The summed E-state index contributed by atoms with van der Waals surface area (Å²) in [5.74, 6) is -0.401. The number of hydrogen-bond donors (Lipinski definition) is 2. The first-order chi connectivity index (χ1) is 8.15. The number of rotatable bonds is 3. The van der Waals surface area contributed by atoms with Gasteiger partial charge in [-0.25, -0.2) is 0 Å². The van der Waals surface area contributed by atoms with Gasteiger partial charge in [-0.05, 0) is 17.7 Å². The Morgan fingerprint density at radius 1 is 1.50 bits per heavy atom. The van der Waals surface area contributed by atoms with E-state index in [0.29, 0.717) is 13.2 Å². The number of carbonyl (C=O) groups excluding carboxylic acids is 1. The van der Waals surface area contributed by atoms with E-state index in [2.05, 4.69) is 4.90 Å². The van der Waals surface area contributed by atoms with Gasteiger partial charge >= 0.3 is 0 Å². The maximum Gasteiger partial charge on any atom is 0.247 e. The fraction of sp³-hybridized carbons (Fsp3) is 0.417. The van der Waals surface area contributed by atoms with Gasteiger partial charge in [-0.15, -0.1) is 12.4 Å². The molecule has 1 aromatic rings. The zero-order chi connectivity index (χ0) is 12.3. The first-order valence-electron chi connectivity index (χ1n) is 5.63.